The molecule has 150 valence electrons. The fourth-order valence-electron chi connectivity index (χ4n) is 4.01. The summed E-state index contributed by atoms with van der Waals surface area (Å²) in [6, 6.07) is 14.9. The van der Waals surface area contributed by atoms with Crippen LogP contribution in [-0.2, 0) is 4.79 Å². The molecule has 0 unspecified atom stereocenters. The number of carbonyl (C=O) groups is 2. The molecule has 2 aromatic rings. The van der Waals surface area contributed by atoms with E-state index in [4.69, 9.17) is 4.74 Å². The van der Waals surface area contributed by atoms with Crippen molar-refractivity contribution in [3.05, 3.63) is 65.4 Å². The molecule has 29 heavy (non-hydrogen) atoms. The van der Waals surface area contributed by atoms with Crippen molar-refractivity contribution in [2.24, 2.45) is 5.92 Å². The number of hydrogen-bond donors (Lipinski definition) is 1. The van der Waals surface area contributed by atoms with Crippen LogP contribution in [0, 0.1) is 5.92 Å². The van der Waals surface area contributed by atoms with Gasteiger partial charge in [0.25, 0.3) is 11.8 Å². The summed E-state index contributed by atoms with van der Waals surface area (Å²) in [7, 11) is 1.73. The molecule has 1 aliphatic heterocycles. The lowest BCUT2D eigenvalue weighted by Crippen LogP contribution is -2.41. The zero-order valence-corrected chi connectivity index (χ0v) is 16.9. The van der Waals surface area contributed by atoms with Gasteiger partial charge in [-0.05, 0) is 54.7 Å². The maximum absolute atomic E-state index is 12.6. The minimum absolute atomic E-state index is 0.0402. The third-order valence-corrected chi connectivity index (χ3v) is 5.86. The molecule has 0 bridgehead atoms. The maximum Gasteiger partial charge on any atom is 0.293 e. The second-order valence-electron chi connectivity index (χ2n) is 7.91. The lowest BCUT2D eigenvalue weighted by atomic mass is 9.86. The lowest BCUT2D eigenvalue weighted by Gasteiger charge is -2.29. The van der Waals surface area contributed by atoms with Crippen molar-refractivity contribution in [1.29, 1.82) is 0 Å². The van der Waals surface area contributed by atoms with E-state index < -0.39 is 0 Å². The van der Waals surface area contributed by atoms with Crippen LogP contribution in [0.15, 0.2) is 54.3 Å². The SMILES string of the molecule is C[C@@H]1CCCC[C@@H]1NC(=O)c1ccc(/C=C2\Oc3ccccc3N(C)C2=O)cc1. The summed E-state index contributed by atoms with van der Waals surface area (Å²) in [5.41, 5.74) is 2.19. The van der Waals surface area contributed by atoms with E-state index in [9.17, 15) is 9.59 Å². The second-order valence-corrected chi connectivity index (χ2v) is 7.91. The zero-order valence-electron chi connectivity index (χ0n) is 16.9. The van der Waals surface area contributed by atoms with Gasteiger partial charge in [-0.1, -0.05) is 44.0 Å². The minimum Gasteiger partial charge on any atom is -0.449 e. The number of ether oxygens (including phenoxy) is 1. The number of amides is 2. The summed E-state index contributed by atoms with van der Waals surface area (Å²) >= 11 is 0. The molecule has 1 heterocycles. The maximum atomic E-state index is 12.6. The standard InChI is InChI=1S/C24H26N2O3/c1-16-7-3-4-8-19(16)25-23(27)18-13-11-17(12-14-18)15-22-24(28)26(2)20-9-5-6-10-21(20)29-22/h5-6,9-16,19H,3-4,7-8H2,1-2H3,(H,25,27)/b22-15-/t16-,19+/m1/s1. The summed E-state index contributed by atoms with van der Waals surface area (Å²) in [5, 5.41) is 3.17. The molecule has 5 nitrogen and oxygen atoms in total. The molecule has 2 aliphatic rings. The van der Waals surface area contributed by atoms with Crippen LogP contribution in [0.25, 0.3) is 6.08 Å². The molecular weight excluding hydrogens is 364 g/mol. The average molecular weight is 390 g/mol. The van der Waals surface area contributed by atoms with Gasteiger partial charge in [0.05, 0.1) is 5.69 Å². The molecule has 0 radical (unpaired) electrons. The third-order valence-electron chi connectivity index (χ3n) is 5.86. The van der Waals surface area contributed by atoms with Crippen LogP contribution < -0.4 is 15.0 Å². The van der Waals surface area contributed by atoms with Gasteiger partial charge in [0.15, 0.2) is 11.5 Å². The van der Waals surface area contributed by atoms with Crippen LogP contribution in [0.2, 0.25) is 0 Å². The van der Waals surface area contributed by atoms with E-state index >= 15 is 0 Å². The summed E-state index contributed by atoms with van der Waals surface area (Å²) in [6.07, 6.45) is 6.35. The van der Waals surface area contributed by atoms with Crippen molar-refractivity contribution in [3.8, 4) is 5.75 Å². The van der Waals surface area contributed by atoms with Gasteiger partial charge in [0.1, 0.15) is 0 Å². The Hall–Kier alpha value is -3.08. The molecule has 1 saturated carbocycles. The van der Waals surface area contributed by atoms with E-state index in [-0.39, 0.29) is 23.6 Å². The smallest absolute Gasteiger partial charge is 0.293 e. The van der Waals surface area contributed by atoms with Crippen molar-refractivity contribution < 1.29 is 14.3 Å². The van der Waals surface area contributed by atoms with Crippen LogP contribution in [0.5, 0.6) is 5.75 Å². The van der Waals surface area contributed by atoms with Crippen LogP contribution in [0.4, 0.5) is 5.69 Å². The minimum atomic E-state index is -0.197. The van der Waals surface area contributed by atoms with Crippen molar-refractivity contribution in [2.75, 3.05) is 11.9 Å². The first-order valence-electron chi connectivity index (χ1n) is 10.2. The summed E-state index contributed by atoms with van der Waals surface area (Å²) in [4.78, 5) is 26.7. The third kappa shape index (κ3) is 4.04. The highest BCUT2D eigenvalue weighted by Crippen LogP contribution is 2.34. The Morgan fingerprint density at radius 2 is 1.83 bits per heavy atom. The highest BCUT2D eigenvalue weighted by molar-refractivity contribution is 6.09. The molecular formula is C24H26N2O3. The number of hydrogen-bond acceptors (Lipinski definition) is 3. The molecule has 5 heteroatoms. The van der Waals surface area contributed by atoms with Gasteiger partial charge in [-0.3, -0.25) is 9.59 Å². The topological polar surface area (TPSA) is 58.6 Å². The first kappa shape index (κ1) is 19.2. The summed E-state index contributed by atoms with van der Waals surface area (Å²) in [6.45, 7) is 2.20. The second kappa shape index (κ2) is 8.11. The highest BCUT2D eigenvalue weighted by Gasteiger charge is 2.27. The van der Waals surface area contributed by atoms with Gasteiger partial charge in [0, 0.05) is 18.7 Å². The molecule has 0 spiro atoms. The van der Waals surface area contributed by atoms with E-state index in [0.29, 0.717) is 17.2 Å². The molecule has 0 saturated heterocycles. The monoisotopic (exact) mass is 390 g/mol. The molecule has 1 fully saturated rings. The predicted octanol–water partition coefficient (Wildman–Crippen LogP) is 4.39. The van der Waals surface area contributed by atoms with Gasteiger partial charge in [-0.25, -0.2) is 0 Å². The van der Waals surface area contributed by atoms with Crippen LogP contribution in [0.1, 0.15) is 48.5 Å². The normalized spacial score (nSPS) is 22.8. The van der Waals surface area contributed by atoms with Gasteiger partial charge in [-0.15, -0.1) is 0 Å². The Labute approximate surface area is 171 Å². The Bertz CT molecular complexity index is 949. The number of nitrogens with one attached hydrogen (secondary N) is 1. The molecule has 1 aliphatic carbocycles. The largest absolute Gasteiger partial charge is 0.449 e. The fraction of sp³-hybridized carbons (Fsp3) is 0.333. The number of anilines is 1. The van der Waals surface area contributed by atoms with E-state index in [0.717, 1.165) is 17.7 Å². The first-order chi connectivity index (χ1) is 14.0. The average Bonchev–Trinajstić information content (AvgIpc) is 2.74. The van der Waals surface area contributed by atoms with Crippen molar-refractivity contribution in [2.45, 2.75) is 38.6 Å². The van der Waals surface area contributed by atoms with Gasteiger partial charge in [-0.2, -0.15) is 0 Å². The Morgan fingerprint density at radius 3 is 2.59 bits per heavy atom. The van der Waals surface area contributed by atoms with Crippen molar-refractivity contribution >= 4 is 23.6 Å². The summed E-state index contributed by atoms with van der Waals surface area (Å²) in [5.74, 6) is 1.20. The zero-order chi connectivity index (χ0) is 20.4. The molecule has 2 atom stereocenters. The van der Waals surface area contributed by atoms with Crippen LogP contribution in [0.3, 0.4) is 0 Å². The molecule has 2 amide bonds. The van der Waals surface area contributed by atoms with E-state index in [1.165, 1.54) is 19.3 Å². The van der Waals surface area contributed by atoms with Gasteiger partial charge in [0.2, 0.25) is 0 Å². The number of para-hydroxylation sites is 2. The number of fused-ring (bicyclic) bond motifs is 1. The van der Waals surface area contributed by atoms with Crippen molar-refractivity contribution in [3.63, 3.8) is 0 Å². The first-order valence-corrected chi connectivity index (χ1v) is 10.2. The molecule has 4 rings (SSSR count). The predicted molar refractivity (Wildman–Crippen MR) is 114 cm³/mol. The molecule has 2 aromatic carbocycles. The lowest BCUT2D eigenvalue weighted by molar-refractivity contribution is -0.117. The Morgan fingerprint density at radius 1 is 1.10 bits per heavy atom. The van der Waals surface area contributed by atoms with Gasteiger partial charge >= 0.3 is 0 Å². The number of likely N-dealkylation sites (N-methyl/N-ethyl adjacent to an activating group) is 1. The number of nitrogens with zero attached hydrogens (tertiary/aromatic N) is 1. The van der Waals surface area contributed by atoms with E-state index in [1.807, 2.05) is 36.4 Å². The quantitative estimate of drug-likeness (QED) is 0.791. The molecule has 0 aromatic heterocycles. The van der Waals surface area contributed by atoms with E-state index in [2.05, 4.69) is 12.2 Å². The fourth-order valence-corrected chi connectivity index (χ4v) is 4.01. The molecule has 1 N–H and O–H groups in total. The number of rotatable bonds is 3. The highest BCUT2D eigenvalue weighted by atomic mass is 16.5. The Balaban J connectivity index is 1.48. The summed E-state index contributed by atoms with van der Waals surface area (Å²) < 4.78 is 5.80. The Kier molecular flexibility index (Phi) is 5.38. The number of carbonyl (C=O) groups excluding carboxylic acids is 2. The van der Waals surface area contributed by atoms with Crippen LogP contribution in [-0.4, -0.2) is 24.9 Å². The van der Waals surface area contributed by atoms with E-state index in [1.54, 1.807) is 30.2 Å². The van der Waals surface area contributed by atoms with Crippen LogP contribution >= 0.6 is 0 Å². The van der Waals surface area contributed by atoms with Crippen molar-refractivity contribution in [1.82, 2.24) is 5.32 Å². The van der Waals surface area contributed by atoms with Gasteiger partial charge < -0.3 is 15.0 Å². The number of benzene rings is 2.